The standard InChI is InChI=1S/C20H19Cl2NO6/c1-11(24)13-4-7-17(18(8-13)27-3)28-10-19(25)29-12(2)20(26)23-16-6-5-14(21)9-15(16)22/h4-9,12H,10H2,1-3H3,(H,23,26). The number of amides is 1. The largest absolute Gasteiger partial charge is 0.493 e. The highest BCUT2D eigenvalue weighted by molar-refractivity contribution is 6.36. The summed E-state index contributed by atoms with van der Waals surface area (Å²) in [5.41, 5.74) is 0.790. The lowest BCUT2D eigenvalue weighted by Gasteiger charge is -2.15. The van der Waals surface area contributed by atoms with Crippen molar-refractivity contribution in [3.63, 3.8) is 0 Å². The Labute approximate surface area is 177 Å². The first kappa shape index (κ1) is 22.5. The van der Waals surface area contributed by atoms with Crippen LogP contribution in [0.3, 0.4) is 0 Å². The third-order valence-electron chi connectivity index (χ3n) is 3.78. The second kappa shape index (κ2) is 10.1. The van der Waals surface area contributed by atoms with Gasteiger partial charge in [0.1, 0.15) is 0 Å². The van der Waals surface area contributed by atoms with E-state index in [1.807, 2.05) is 0 Å². The van der Waals surface area contributed by atoms with Crippen molar-refractivity contribution >= 4 is 46.5 Å². The van der Waals surface area contributed by atoms with Crippen LogP contribution in [0.4, 0.5) is 5.69 Å². The molecule has 0 bridgehead atoms. The summed E-state index contributed by atoms with van der Waals surface area (Å²) >= 11 is 11.8. The molecule has 0 aliphatic rings. The molecule has 1 unspecified atom stereocenters. The van der Waals surface area contributed by atoms with E-state index in [2.05, 4.69) is 5.32 Å². The van der Waals surface area contributed by atoms with E-state index in [1.165, 1.54) is 45.2 Å². The molecule has 0 aromatic heterocycles. The predicted molar refractivity (Wildman–Crippen MR) is 109 cm³/mol. The monoisotopic (exact) mass is 439 g/mol. The van der Waals surface area contributed by atoms with Crippen molar-refractivity contribution in [2.24, 2.45) is 0 Å². The molecule has 2 rings (SSSR count). The van der Waals surface area contributed by atoms with Crippen LogP contribution in [0.2, 0.25) is 10.0 Å². The molecule has 9 heteroatoms. The zero-order valence-electron chi connectivity index (χ0n) is 16.0. The lowest BCUT2D eigenvalue weighted by Crippen LogP contribution is -2.31. The smallest absolute Gasteiger partial charge is 0.344 e. The quantitative estimate of drug-likeness (QED) is 0.490. The van der Waals surface area contributed by atoms with Gasteiger partial charge in [-0.15, -0.1) is 0 Å². The zero-order chi connectivity index (χ0) is 21.6. The number of rotatable bonds is 8. The summed E-state index contributed by atoms with van der Waals surface area (Å²) in [6.45, 7) is 2.39. The van der Waals surface area contributed by atoms with Gasteiger partial charge in [-0.2, -0.15) is 0 Å². The molecule has 0 fully saturated rings. The van der Waals surface area contributed by atoms with E-state index in [9.17, 15) is 14.4 Å². The third-order valence-corrected chi connectivity index (χ3v) is 4.33. The molecule has 1 amide bonds. The molecule has 1 N–H and O–H groups in total. The Morgan fingerprint density at radius 2 is 1.79 bits per heavy atom. The third kappa shape index (κ3) is 6.37. The van der Waals surface area contributed by atoms with E-state index in [0.29, 0.717) is 22.0 Å². The number of hydrogen-bond acceptors (Lipinski definition) is 6. The van der Waals surface area contributed by atoms with E-state index < -0.39 is 24.6 Å². The number of methoxy groups -OCH3 is 1. The van der Waals surface area contributed by atoms with Gasteiger partial charge in [0.25, 0.3) is 5.91 Å². The molecule has 2 aromatic rings. The average molecular weight is 440 g/mol. The molecule has 0 radical (unpaired) electrons. The van der Waals surface area contributed by atoms with Gasteiger partial charge in [-0.3, -0.25) is 9.59 Å². The Balaban J connectivity index is 1.91. The van der Waals surface area contributed by atoms with Crippen LogP contribution in [0.5, 0.6) is 11.5 Å². The first-order valence-corrected chi connectivity index (χ1v) is 9.24. The topological polar surface area (TPSA) is 90.9 Å². The molecule has 0 spiro atoms. The van der Waals surface area contributed by atoms with Crippen molar-refractivity contribution in [1.29, 1.82) is 0 Å². The number of Topliss-reactive ketones (excluding diaryl/α,β-unsaturated/α-hetero) is 1. The number of benzene rings is 2. The van der Waals surface area contributed by atoms with Crippen molar-refractivity contribution in [3.05, 3.63) is 52.0 Å². The second-order valence-electron chi connectivity index (χ2n) is 5.96. The average Bonchev–Trinajstić information content (AvgIpc) is 2.68. The lowest BCUT2D eigenvalue weighted by molar-refractivity contribution is -0.155. The van der Waals surface area contributed by atoms with Crippen LogP contribution in [-0.2, 0) is 14.3 Å². The van der Waals surface area contributed by atoms with E-state index in [0.717, 1.165) is 0 Å². The van der Waals surface area contributed by atoms with Gasteiger partial charge in [-0.1, -0.05) is 23.2 Å². The molecule has 0 aliphatic heterocycles. The van der Waals surface area contributed by atoms with E-state index in [1.54, 1.807) is 12.1 Å². The summed E-state index contributed by atoms with van der Waals surface area (Å²) in [5, 5.41) is 3.24. The number of carbonyl (C=O) groups excluding carboxylic acids is 3. The van der Waals surface area contributed by atoms with Gasteiger partial charge in [0, 0.05) is 10.6 Å². The minimum absolute atomic E-state index is 0.130. The summed E-state index contributed by atoms with van der Waals surface area (Å²) in [7, 11) is 1.42. The maximum atomic E-state index is 12.2. The molecular formula is C20H19Cl2NO6. The van der Waals surface area contributed by atoms with Gasteiger partial charge in [0.2, 0.25) is 0 Å². The number of hydrogen-bond donors (Lipinski definition) is 1. The van der Waals surface area contributed by atoms with Crippen LogP contribution >= 0.6 is 23.2 Å². The fraction of sp³-hybridized carbons (Fsp3) is 0.250. The van der Waals surface area contributed by atoms with Crippen LogP contribution in [0.15, 0.2) is 36.4 Å². The van der Waals surface area contributed by atoms with Crippen LogP contribution in [0.25, 0.3) is 0 Å². The van der Waals surface area contributed by atoms with Gasteiger partial charge in [-0.05, 0) is 50.2 Å². The van der Waals surface area contributed by atoms with Crippen LogP contribution in [0, 0.1) is 0 Å². The Hall–Kier alpha value is -2.77. The fourth-order valence-electron chi connectivity index (χ4n) is 2.25. The highest BCUT2D eigenvalue weighted by Crippen LogP contribution is 2.28. The van der Waals surface area contributed by atoms with Gasteiger partial charge in [0.05, 0.1) is 17.8 Å². The summed E-state index contributed by atoms with van der Waals surface area (Å²) < 4.78 is 15.6. The molecule has 0 saturated heterocycles. The Morgan fingerprint density at radius 1 is 1.07 bits per heavy atom. The molecule has 29 heavy (non-hydrogen) atoms. The first-order chi connectivity index (χ1) is 13.7. The number of halogens is 2. The molecule has 0 saturated carbocycles. The van der Waals surface area contributed by atoms with Crippen molar-refractivity contribution in [3.8, 4) is 11.5 Å². The van der Waals surface area contributed by atoms with Crippen molar-refractivity contribution in [2.75, 3.05) is 19.0 Å². The second-order valence-corrected chi connectivity index (χ2v) is 6.80. The van der Waals surface area contributed by atoms with Gasteiger partial charge in [-0.25, -0.2) is 4.79 Å². The number of ketones is 1. The van der Waals surface area contributed by atoms with Gasteiger partial charge in [0.15, 0.2) is 30.0 Å². The van der Waals surface area contributed by atoms with E-state index in [-0.39, 0.29) is 16.6 Å². The van der Waals surface area contributed by atoms with Gasteiger partial charge < -0.3 is 19.5 Å². The van der Waals surface area contributed by atoms with E-state index >= 15 is 0 Å². The first-order valence-electron chi connectivity index (χ1n) is 8.48. The zero-order valence-corrected chi connectivity index (χ0v) is 17.5. The summed E-state index contributed by atoms with van der Waals surface area (Å²) in [4.78, 5) is 35.6. The Kier molecular flexibility index (Phi) is 7.87. The molecule has 0 heterocycles. The molecular weight excluding hydrogens is 421 g/mol. The Bertz CT molecular complexity index is 931. The van der Waals surface area contributed by atoms with Crippen LogP contribution in [0.1, 0.15) is 24.2 Å². The molecule has 154 valence electrons. The van der Waals surface area contributed by atoms with Gasteiger partial charge >= 0.3 is 5.97 Å². The van der Waals surface area contributed by atoms with Crippen molar-refractivity contribution in [2.45, 2.75) is 20.0 Å². The van der Waals surface area contributed by atoms with Crippen molar-refractivity contribution in [1.82, 2.24) is 0 Å². The Morgan fingerprint density at radius 3 is 2.41 bits per heavy atom. The highest BCUT2D eigenvalue weighted by atomic mass is 35.5. The van der Waals surface area contributed by atoms with Crippen LogP contribution in [-0.4, -0.2) is 37.5 Å². The molecule has 1 atom stereocenters. The molecule has 2 aromatic carbocycles. The predicted octanol–water partition coefficient (Wildman–Crippen LogP) is 4.15. The number of nitrogens with one attached hydrogen (secondary N) is 1. The van der Waals surface area contributed by atoms with Crippen molar-refractivity contribution < 1.29 is 28.6 Å². The minimum atomic E-state index is -1.08. The number of esters is 1. The summed E-state index contributed by atoms with van der Waals surface area (Å²) in [6, 6.07) is 9.16. The lowest BCUT2D eigenvalue weighted by atomic mass is 10.1. The molecule has 0 aliphatic carbocycles. The van der Waals surface area contributed by atoms with E-state index in [4.69, 9.17) is 37.4 Å². The maximum absolute atomic E-state index is 12.2. The fourth-order valence-corrected chi connectivity index (χ4v) is 2.71. The summed E-state index contributed by atoms with van der Waals surface area (Å²) in [5.74, 6) is -0.887. The number of anilines is 1. The number of carbonyl (C=O) groups is 3. The maximum Gasteiger partial charge on any atom is 0.344 e. The molecule has 7 nitrogen and oxygen atoms in total. The normalized spacial score (nSPS) is 11.3. The summed E-state index contributed by atoms with van der Waals surface area (Å²) in [6.07, 6.45) is -1.08. The van der Waals surface area contributed by atoms with Crippen LogP contribution < -0.4 is 14.8 Å². The number of ether oxygens (including phenoxy) is 3. The SMILES string of the molecule is COc1cc(C(C)=O)ccc1OCC(=O)OC(C)C(=O)Nc1ccc(Cl)cc1Cl. The highest BCUT2D eigenvalue weighted by Gasteiger charge is 2.20. The minimum Gasteiger partial charge on any atom is -0.493 e.